The first-order valence-electron chi connectivity index (χ1n) is 7.93. The summed E-state index contributed by atoms with van der Waals surface area (Å²) in [6.07, 6.45) is 0. The Balaban J connectivity index is 2.16. The van der Waals surface area contributed by atoms with E-state index in [9.17, 15) is 13.2 Å². The maximum absolute atomic E-state index is 12.6. The number of para-hydroxylation sites is 1. The van der Waals surface area contributed by atoms with Crippen molar-refractivity contribution in [2.24, 2.45) is 0 Å². The van der Waals surface area contributed by atoms with E-state index in [1.54, 1.807) is 6.07 Å². The minimum absolute atomic E-state index is 0.0437. The van der Waals surface area contributed by atoms with Crippen LogP contribution >= 0.6 is 11.6 Å². The number of carbonyl (C=O) groups excluding carboxylic acids is 1. The topological polar surface area (TPSA) is 75.7 Å². The van der Waals surface area contributed by atoms with Gasteiger partial charge in [-0.1, -0.05) is 29.8 Å². The zero-order valence-electron chi connectivity index (χ0n) is 14.8. The average molecular weight is 397 g/mol. The van der Waals surface area contributed by atoms with E-state index < -0.39 is 10.0 Å². The number of carbonyl (C=O) groups is 1. The van der Waals surface area contributed by atoms with Gasteiger partial charge >= 0.3 is 0 Å². The number of nitrogens with one attached hydrogen (secondary N) is 1. The van der Waals surface area contributed by atoms with E-state index in [1.165, 1.54) is 31.1 Å². The van der Waals surface area contributed by atoms with E-state index in [2.05, 4.69) is 4.72 Å². The molecule has 0 bridgehead atoms. The monoisotopic (exact) mass is 396 g/mol. The van der Waals surface area contributed by atoms with Crippen LogP contribution in [0.5, 0.6) is 5.75 Å². The number of sulfonamides is 1. The van der Waals surface area contributed by atoms with E-state index in [0.29, 0.717) is 0 Å². The van der Waals surface area contributed by atoms with Crippen molar-refractivity contribution in [3.63, 3.8) is 0 Å². The number of aryl methyl sites for hydroxylation is 1. The van der Waals surface area contributed by atoms with Crippen LogP contribution in [-0.2, 0) is 14.8 Å². The SMILES string of the molecule is COc1ccc(Cl)cc1S(=O)(=O)NCCN(C(C)=O)c1ccccc1C. The number of nitrogens with zero attached hydrogens (tertiary/aromatic N) is 1. The molecule has 0 radical (unpaired) electrons. The van der Waals surface area contributed by atoms with Gasteiger partial charge in [0.2, 0.25) is 15.9 Å². The number of hydrogen-bond donors (Lipinski definition) is 1. The lowest BCUT2D eigenvalue weighted by molar-refractivity contribution is -0.116. The van der Waals surface area contributed by atoms with Crippen molar-refractivity contribution in [2.45, 2.75) is 18.7 Å². The molecular weight excluding hydrogens is 376 g/mol. The summed E-state index contributed by atoms with van der Waals surface area (Å²) < 4.78 is 32.7. The predicted octanol–water partition coefficient (Wildman–Crippen LogP) is 2.99. The highest BCUT2D eigenvalue weighted by Gasteiger charge is 2.21. The van der Waals surface area contributed by atoms with Gasteiger partial charge in [-0.2, -0.15) is 0 Å². The Morgan fingerprint density at radius 2 is 1.92 bits per heavy atom. The normalized spacial score (nSPS) is 11.2. The number of ether oxygens (including phenoxy) is 1. The molecule has 1 N–H and O–H groups in total. The van der Waals surface area contributed by atoms with Gasteiger partial charge in [-0.25, -0.2) is 13.1 Å². The second kappa shape index (κ2) is 8.53. The summed E-state index contributed by atoms with van der Waals surface area (Å²) in [4.78, 5) is 13.5. The highest BCUT2D eigenvalue weighted by molar-refractivity contribution is 7.89. The van der Waals surface area contributed by atoms with E-state index in [-0.39, 0.29) is 34.7 Å². The smallest absolute Gasteiger partial charge is 0.244 e. The van der Waals surface area contributed by atoms with E-state index >= 15 is 0 Å². The molecule has 140 valence electrons. The van der Waals surface area contributed by atoms with Crippen LogP contribution in [-0.4, -0.2) is 34.5 Å². The van der Waals surface area contributed by atoms with Gasteiger partial charge < -0.3 is 9.64 Å². The number of halogens is 1. The van der Waals surface area contributed by atoms with Crippen molar-refractivity contribution in [1.82, 2.24) is 4.72 Å². The maximum Gasteiger partial charge on any atom is 0.244 e. The number of anilines is 1. The number of hydrogen-bond acceptors (Lipinski definition) is 4. The zero-order chi connectivity index (χ0) is 19.3. The largest absolute Gasteiger partial charge is 0.495 e. The van der Waals surface area contributed by atoms with Crippen molar-refractivity contribution in [2.75, 3.05) is 25.1 Å². The quantitative estimate of drug-likeness (QED) is 0.780. The first-order chi connectivity index (χ1) is 12.3. The van der Waals surface area contributed by atoms with Crippen molar-refractivity contribution in [1.29, 1.82) is 0 Å². The first kappa shape index (κ1) is 20.2. The van der Waals surface area contributed by atoms with E-state index in [0.717, 1.165) is 11.3 Å². The lowest BCUT2D eigenvalue weighted by Crippen LogP contribution is -2.38. The molecule has 6 nitrogen and oxygen atoms in total. The molecule has 0 aliphatic carbocycles. The van der Waals surface area contributed by atoms with Gasteiger partial charge in [-0.3, -0.25) is 4.79 Å². The van der Waals surface area contributed by atoms with Crippen LogP contribution in [0, 0.1) is 6.92 Å². The van der Waals surface area contributed by atoms with Gasteiger partial charge in [0.1, 0.15) is 10.6 Å². The first-order valence-corrected chi connectivity index (χ1v) is 9.79. The van der Waals surface area contributed by atoms with Crippen LogP contribution in [0.3, 0.4) is 0 Å². The molecule has 0 saturated heterocycles. The fraction of sp³-hybridized carbons (Fsp3) is 0.278. The minimum Gasteiger partial charge on any atom is -0.495 e. The Bertz CT molecular complexity index is 900. The highest BCUT2D eigenvalue weighted by Crippen LogP contribution is 2.27. The molecule has 8 heteroatoms. The Labute approximate surface area is 158 Å². The molecule has 0 heterocycles. The Kier molecular flexibility index (Phi) is 6.63. The van der Waals surface area contributed by atoms with Crippen molar-refractivity contribution < 1.29 is 17.9 Å². The average Bonchev–Trinajstić information content (AvgIpc) is 2.59. The molecule has 2 rings (SSSR count). The molecule has 0 fully saturated rings. The third-order valence-corrected chi connectivity index (χ3v) is 5.55. The summed E-state index contributed by atoms with van der Waals surface area (Å²) in [6.45, 7) is 3.58. The van der Waals surface area contributed by atoms with Gasteiger partial charge in [0.05, 0.1) is 7.11 Å². The fourth-order valence-electron chi connectivity index (χ4n) is 2.54. The standard InChI is InChI=1S/C18H21ClN2O4S/c1-13-6-4-5-7-16(13)21(14(2)22)11-10-20-26(23,24)18-12-15(19)8-9-17(18)25-3/h4-9,12,20H,10-11H2,1-3H3. The third kappa shape index (κ3) is 4.75. The molecule has 0 aliphatic rings. The molecule has 0 aromatic heterocycles. The van der Waals surface area contributed by atoms with Gasteiger partial charge in [0.15, 0.2) is 0 Å². The lowest BCUT2D eigenvalue weighted by Gasteiger charge is -2.23. The van der Waals surface area contributed by atoms with Crippen molar-refractivity contribution in [3.05, 3.63) is 53.1 Å². The molecule has 2 aromatic carbocycles. The molecule has 26 heavy (non-hydrogen) atoms. The minimum atomic E-state index is -3.84. The molecule has 0 atom stereocenters. The Morgan fingerprint density at radius 1 is 1.23 bits per heavy atom. The number of benzene rings is 2. The van der Waals surface area contributed by atoms with Gasteiger partial charge in [0, 0.05) is 30.7 Å². The summed E-state index contributed by atoms with van der Waals surface area (Å²) in [5.74, 6) is 0.0306. The van der Waals surface area contributed by atoms with Crippen LogP contribution in [0.4, 0.5) is 5.69 Å². The lowest BCUT2D eigenvalue weighted by atomic mass is 10.2. The van der Waals surface area contributed by atoms with Crippen LogP contribution < -0.4 is 14.4 Å². The van der Waals surface area contributed by atoms with E-state index in [1.807, 2.05) is 31.2 Å². The highest BCUT2D eigenvalue weighted by atomic mass is 35.5. The zero-order valence-corrected chi connectivity index (χ0v) is 16.4. The molecule has 1 amide bonds. The number of rotatable bonds is 7. The maximum atomic E-state index is 12.6. The van der Waals surface area contributed by atoms with Crippen LogP contribution in [0.15, 0.2) is 47.4 Å². The van der Waals surface area contributed by atoms with Crippen LogP contribution in [0.25, 0.3) is 0 Å². The van der Waals surface area contributed by atoms with Crippen LogP contribution in [0.2, 0.25) is 5.02 Å². The number of methoxy groups -OCH3 is 1. The predicted molar refractivity (Wildman–Crippen MR) is 102 cm³/mol. The second-order valence-electron chi connectivity index (χ2n) is 5.65. The molecule has 0 unspecified atom stereocenters. The summed E-state index contributed by atoms with van der Waals surface area (Å²) in [5, 5.41) is 0.288. The van der Waals surface area contributed by atoms with Crippen molar-refractivity contribution in [3.8, 4) is 5.75 Å². The summed E-state index contributed by atoms with van der Waals surface area (Å²) in [6, 6.07) is 11.8. The molecule has 0 aliphatic heterocycles. The molecular formula is C18H21ClN2O4S. The summed E-state index contributed by atoms with van der Waals surface area (Å²) in [5.41, 5.74) is 1.68. The summed E-state index contributed by atoms with van der Waals surface area (Å²) in [7, 11) is -2.45. The fourth-order valence-corrected chi connectivity index (χ4v) is 3.99. The summed E-state index contributed by atoms with van der Waals surface area (Å²) >= 11 is 5.90. The van der Waals surface area contributed by atoms with Crippen LogP contribution in [0.1, 0.15) is 12.5 Å². The van der Waals surface area contributed by atoms with Gasteiger partial charge in [-0.15, -0.1) is 0 Å². The van der Waals surface area contributed by atoms with Gasteiger partial charge in [-0.05, 0) is 36.8 Å². The molecule has 0 spiro atoms. The Morgan fingerprint density at radius 3 is 2.54 bits per heavy atom. The number of amides is 1. The molecule has 2 aromatic rings. The van der Waals surface area contributed by atoms with Crippen molar-refractivity contribution >= 4 is 33.2 Å². The molecule has 0 saturated carbocycles. The van der Waals surface area contributed by atoms with Gasteiger partial charge in [0.25, 0.3) is 0 Å². The Hall–Kier alpha value is -2.09. The third-order valence-electron chi connectivity index (χ3n) is 3.83. The van der Waals surface area contributed by atoms with E-state index in [4.69, 9.17) is 16.3 Å². The second-order valence-corrected chi connectivity index (χ2v) is 7.82.